The Morgan fingerprint density at radius 1 is 1.25 bits per heavy atom. The van der Waals surface area contributed by atoms with Crippen molar-refractivity contribution in [3.05, 3.63) is 57.3 Å². The predicted octanol–water partition coefficient (Wildman–Crippen LogP) is 3.08. The number of rotatable bonds is 4. The lowest BCUT2D eigenvalue weighted by Crippen LogP contribution is -2.20. The van der Waals surface area contributed by atoms with Gasteiger partial charge in [-0.1, -0.05) is 0 Å². The monoisotopic (exact) mass is 339 g/mol. The van der Waals surface area contributed by atoms with Crippen molar-refractivity contribution < 1.29 is 18.0 Å². The van der Waals surface area contributed by atoms with Gasteiger partial charge in [-0.25, -0.2) is 13.2 Å². The molecule has 2 rings (SSSR count). The van der Waals surface area contributed by atoms with Gasteiger partial charge in [-0.2, -0.15) is 0 Å². The second-order valence-electron chi connectivity index (χ2n) is 5.43. The van der Waals surface area contributed by atoms with Crippen LogP contribution >= 0.6 is 0 Å². The first kappa shape index (κ1) is 17.6. The third-order valence-electron chi connectivity index (χ3n) is 3.44. The predicted molar refractivity (Wildman–Crippen MR) is 85.4 cm³/mol. The molecular formula is C16H16F3N3O2. The number of alkyl halides is 2. The standard InChI is InChI=1S/C16H16F3N3O2/c1-8-4-12(13(22(2)3)6-11(8)17)21-16(24)10-7-20-14(23)5-9(10)15(18)19/h4-7,15H,1-3H3,(H,20,23)(H,21,24). The van der Waals surface area contributed by atoms with Crippen molar-refractivity contribution in [2.45, 2.75) is 13.3 Å². The Kier molecular flexibility index (Phi) is 4.96. The summed E-state index contributed by atoms with van der Waals surface area (Å²) in [5.41, 5.74) is -0.789. The largest absolute Gasteiger partial charge is 0.376 e. The molecule has 1 amide bonds. The van der Waals surface area contributed by atoms with E-state index in [-0.39, 0.29) is 11.3 Å². The highest BCUT2D eigenvalue weighted by atomic mass is 19.3. The molecule has 0 spiro atoms. The van der Waals surface area contributed by atoms with Gasteiger partial charge >= 0.3 is 0 Å². The van der Waals surface area contributed by atoms with E-state index >= 15 is 0 Å². The number of nitrogens with zero attached hydrogens (tertiary/aromatic N) is 1. The Morgan fingerprint density at radius 3 is 2.50 bits per heavy atom. The number of anilines is 2. The summed E-state index contributed by atoms with van der Waals surface area (Å²) in [4.78, 5) is 27.3. The molecule has 1 aromatic heterocycles. The number of aromatic nitrogens is 1. The molecule has 0 aliphatic rings. The van der Waals surface area contributed by atoms with E-state index in [1.165, 1.54) is 19.1 Å². The van der Waals surface area contributed by atoms with Gasteiger partial charge in [0.15, 0.2) is 0 Å². The molecule has 1 aromatic carbocycles. The van der Waals surface area contributed by atoms with E-state index in [1.54, 1.807) is 19.0 Å². The maximum absolute atomic E-state index is 13.7. The van der Waals surface area contributed by atoms with Crippen molar-refractivity contribution in [2.75, 3.05) is 24.3 Å². The number of carbonyl (C=O) groups is 1. The molecule has 5 nitrogen and oxygen atoms in total. The Hall–Kier alpha value is -2.77. The van der Waals surface area contributed by atoms with Gasteiger partial charge in [-0.15, -0.1) is 0 Å². The molecule has 0 fully saturated rings. The first-order valence-electron chi connectivity index (χ1n) is 7.00. The van der Waals surface area contributed by atoms with Crippen LogP contribution < -0.4 is 15.8 Å². The van der Waals surface area contributed by atoms with E-state index in [9.17, 15) is 22.8 Å². The topological polar surface area (TPSA) is 65.2 Å². The fourth-order valence-corrected chi connectivity index (χ4v) is 2.20. The molecule has 0 unspecified atom stereocenters. The number of hydrogen-bond acceptors (Lipinski definition) is 3. The number of hydrogen-bond donors (Lipinski definition) is 2. The zero-order valence-electron chi connectivity index (χ0n) is 13.3. The number of halogens is 3. The highest BCUT2D eigenvalue weighted by molar-refractivity contribution is 6.06. The van der Waals surface area contributed by atoms with Crippen LogP contribution in [-0.4, -0.2) is 25.0 Å². The molecule has 2 N–H and O–H groups in total. The molecule has 0 aliphatic carbocycles. The molecule has 1 heterocycles. The van der Waals surface area contributed by atoms with E-state index in [0.29, 0.717) is 17.3 Å². The van der Waals surface area contributed by atoms with Crippen LogP contribution in [0.15, 0.2) is 29.2 Å². The van der Waals surface area contributed by atoms with Crippen LogP contribution in [0.3, 0.4) is 0 Å². The van der Waals surface area contributed by atoms with Crippen LogP contribution in [0.4, 0.5) is 24.5 Å². The lowest BCUT2D eigenvalue weighted by molar-refractivity contribution is 0.101. The molecule has 0 radical (unpaired) electrons. The van der Waals surface area contributed by atoms with Gasteiger partial charge in [0, 0.05) is 31.9 Å². The van der Waals surface area contributed by atoms with Gasteiger partial charge in [-0.3, -0.25) is 9.59 Å². The maximum Gasteiger partial charge on any atom is 0.264 e. The summed E-state index contributed by atoms with van der Waals surface area (Å²) >= 11 is 0. The summed E-state index contributed by atoms with van der Waals surface area (Å²) in [7, 11) is 3.31. The van der Waals surface area contributed by atoms with Gasteiger partial charge < -0.3 is 15.2 Å². The van der Waals surface area contributed by atoms with Gasteiger partial charge in [0.1, 0.15) is 5.82 Å². The molecule has 8 heteroatoms. The van der Waals surface area contributed by atoms with Crippen molar-refractivity contribution in [3.8, 4) is 0 Å². The quantitative estimate of drug-likeness (QED) is 0.900. The first-order chi connectivity index (χ1) is 11.2. The van der Waals surface area contributed by atoms with Crippen molar-refractivity contribution in [3.63, 3.8) is 0 Å². The average Bonchev–Trinajstić information content (AvgIpc) is 2.50. The number of amides is 1. The summed E-state index contributed by atoms with van der Waals surface area (Å²) in [5.74, 6) is -1.27. The third-order valence-corrected chi connectivity index (χ3v) is 3.44. The van der Waals surface area contributed by atoms with Crippen LogP contribution in [0.2, 0.25) is 0 Å². The molecular weight excluding hydrogens is 323 g/mol. The first-order valence-corrected chi connectivity index (χ1v) is 7.00. The Labute approximate surface area is 136 Å². The van der Waals surface area contributed by atoms with Gasteiger partial charge in [-0.05, 0) is 24.6 Å². The molecule has 0 saturated carbocycles. The number of nitrogens with one attached hydrogen (secondary N) is 2. The van der Waals surface area contributed by atoms with Gasteiger partial charge in [0.25, 0.3) is 12.3 Å². The molecule has 0 saturated heterocycles. The molecule has 24 heavy (non-hydrogen) atoms. The fourth-order valence-electron chi connectivity index (χ4n) is 2.20. The zero-order valence-corrected chi connectivity index (χ0v) is 13.3. The third kappa shape index (κ3) is 3.58. The average molecular weight is 339 g/mol. The maximum atomic E-state index is 13.7. The van der Waals surface area contributed by atoms with Crippen LogP contribution in [0.5, 0.6) is 0 Å². The zero-order chi connectivity index (χ0) is 18.0. The van der Waals surface area contributed by atoms with E-state index in [2.05, 4.69) is 10.3 Å². The molecule has 0 aliphatic heterocycles. The number of H-pyrrole nitrogens is 1. The van der Waals surface area contributed by atoms with Crippen LogP contribution in [0, 0.1) is 12.7 Å². The summed E-state index contributed by atoms with van der Waals surface area (Å²) in [6, 6.07) is 3.34. The lowest BCUT2D eigenvalue weighted by Gasteiger charge is -2.19. The summed E-state index contributed by atoms with van der Waals surface area (Å²) in [6.07, 6.45) is -2.04. The van der Waals surface area contributed by atoms with Crippen LogP contribution in [0.1, 0.15) is 27.9 Å². The minimum absolute atomic E-state index is 0.273. The number of pyridine rings is 1. The Morgan fingerprint density at radius 2 is 1.92 bits per heavy atom. The van der Waals surface area contributed by atoms with Crippen molar-refractivity contribution in [2.24, 2.45) is 0 Å². The van der Waals surface area contributed by atoms with E-state index in [1.807, 2.05) is 0 Å². The minimum atomic E-state index is -2.98. The second kappa shape index (κ2) is 6.77. The summed E-state index contributed by atoms with van der Waals surface area (Å²) in [6.45, 7) is 1.52. The SMILES string of the molecule is Cc1cc(NC(=O)c2c[nH]c(=O)cc2C(F)F)c(N(C)C)cc1F. The van der Waals surface area contributed by atoms with Gasteiger partial charge in [0.05, 0.1) is 16.9 Å². The Bertz CT molecular complexity index is 832. The van der Waals surface area contributed by atoms with Gasteiger partial charge in [0.2, 0.25) is 5.56 Å². The molecule has 128 valence electrons. The van der Waals surface area contributed by atoms with E-state index in [4.69, 9.17) is 0 Å². The second-order valence-corrected chi connectivity index (χ2v) is 5.43. The van der Waals surface area contributed by atoms with Crippen LogP contribution in [-0.2, 0) is 0 Å². The summed E-state index contributed by atoms with van der Waals surface area (Å²) < 4.78 is 39.8. The molecule has 2 aromatic rings. The van der Waals surface area contributed by atoms with E-state index in [0.717, 1.165) is 6.20 Å². The smallest absolute Gasteiger partial charge is 0.264 e. The summed E-state index contributed by atoms with van der Waals surface area (Å²) in [5, 5.41) is 2.49. The van der Waals surface area contributed by atoms with E-state index < -0.39 is 29.3 Å². The highest BCUT2D eigenvalue weighted by Gasteiger charge is 2.20. The fraction of sp³-hybridized carbons (Fsp3) is 0.250. The number of benzene rings is 1. The van der Waals surface area contributed by atoms with Crippen molar-refractivity contribution in [1.82, 2.24) is 4.98 Å². The number of aryl methyl sites for hydroxylation is 1. The minimum Gasteiger partial charge on any atom is -0.376 e. The Balaban J connectivity index is 2.44. The normalized spacial score (nSPS) is 10.8. The number of aromatic amines is 1. The van der Waals surface area contributed by atoms with Crippen molar-refractivity contribution >= 4 is 17.3 Å². The molecule has 0 atom stereocenters. The highest BCUT2D eigenvalue weighted by Crippen LogP contribution is 2.29. The lowest BCUT2D eigenvalue weighted by atomic mass is 10.1. The molecule has 0 bridgehead atoms. The number of carbonyl (C=O) groups excluding carboxylic acids is 1. The van der Waals surface area contributed by atoms with Crippen molar-refractivity contribution in [1.29, 1.82) is 0 Å². The van der Waals surface area contributed by atoms with Crippen LogP contribution in [0.25, 0.3) is 0 Å².